The molecule has 1 amide bonds. The van der Waals surface area contributed by atoms with Crippen molar-refractivity contribution in [3.63, 3.8) is 0 Å². The zero-order valence-electron chi connectivity index (χ0n) is 9.68. The molecule has 0 bridgehead atoms. The molecular weight excluding hydrogens is 260 g/mol. The van der Waals surface area contributed by atoms with Gasteiger partial charge in [0.15, 0.2) is 0 Å². The molecule has 0 aromatic carbocycles. The summed E-state index contributed by atoms with van der Waals surface area (Å²) in [7, 11) is 0. The Labute approximate surface area is 110 Å². The van der Waals surface area contributed by atoms with E-state index in [0.717, 1.165) is 31.4 Å². The van der Waals surface area contributed by atoms with Crippen molar-refractivity contribution in [3.05, 3.63) is 0 Å². The van der Waals surface area contributed by atoms with Gasteiger partial charge in [-0.1, -0.05) is 0 Å². The summed E-state index contributed by atoms with van der Waals surface area (Å²) >= 11 is 3.09. The smallest absolute Gasteiger partial charge is 0.313 e. The minimum Gasteiger partial charge on any atom is -0.481 e. The van der Waals surface area contributed by atoms with Crippen molar-refractivity contribution >= 4 is 35.4 Å². The highest BCUT2D eigenvalue weighted by Gasteiger charge is 2.10. The van der Waals surface area contributed by atoms with E-state index in [0.29, 0.717) is 6.54 Å². The number of rotatable bonds is 7. The van der Waals surface area contributed by atoms with E-state index in [1.165, 1.54) is 11.5 Å². The van der Waals surface area contributed by atoms with Gasteiger partial charge in [-0.15, -0.1) is 11.8 Å². The van der Waals surface area contributed by atoms with E-state index in [9.17, 15) is 9.59 Å². The molecular formula is C10H18N2O3S2. The standard InChI is InChI=1S/C10H18N2O3S2/c13-9(7-17-8-10(14)15)11-1-2-12-3-5-16-6-4-12/h1-8H2,(H,11,13)(H,14,15). The largest absolute Gasteiger partial charge is 0.481 e. The summed E-state index contributed by atoms with van der Waals surface area (Å²) in [6.07, 6.45) is 0. The van der Waals surface area contributed by atoms with Crippen molar-refractivity contribution < 1.29 is 14.7 Å². The third-order valence-electron chi connectivity index (χ3n) is 2.31. The molecule has 0 aromatic rings. The zero-order chi connectivity index (χ0) is 12.5. The molecule has 0 spiro atoms. The fourth-order valence-corrected chi connectivity index (χ4v) is 3.00. The van der Waals surface area contributed by atoms with Gasteiger partial charge in [0, 0.05) is 37.7 Å². The van der Waals surface area contributed by atoms with Crippen LogP contribution in [-0.2, 0) is 9.59 Å². The van der Waals surface area contributed by atoms with Crippen molar-refractivity contribution in [3.8, 4) is 0 Å². The zero-order valence-corrected chi connectivity index (χ0v) is 11.3. The number of aliphatic carboxylic acids is 1. The quantitative estimate of drug-likeness (QED) is 0.681. The molecule has 5 nitrogen and oxygen atoms in total. The lowest BCUT2D eigenvalue weighted by atomic mass is 10.4. The summed E-state index contributed by atoms with van der Waals surface area (Å²) in [6, 6.07) is 0. The molecule has 0 aliphatic carbocycles. The first-order valence-corrected chi connectivity index (χ1v) is 7.86. The molecule has 1 rings (SSSR count). The fourth-order valence-electron chi connectivity index (χ4n) is 1.46. The Morgan fingerprint density at radius 1 is 1.29 bits per heavy atom. The molecule has 0 aromatic heterocycles. The third-order valence-corrected chi connectivity index (χ3v) is 4.17. The summed E-state index contributed by atoms with van der Waals surface area (Å²) in [5.41, 5.74) is 0. The van der Waals surface area contributed by atoms with Crippen LogP contribution in [0.3, 0.4) is 0 Å². The van der Waals surface area contributed by atoms with Gasteiger partial charge in [0.05, 0.1) is 11.5 Å². The molecule has 1 saturated heterocycles. The topological polar surface area (TPSA) is 69.6 Å². The lowest BCUT2D eigenvalue weighted by Gasteiger charge is -2.25. The second-order valence-electron chi connectivity index (χ2n) is 3.69. The van der Waals surface area contributed by atoms with Crippen LogP contribution in [0.2, 0.25) is 0 Å². The van der Waals surface area contributed by atoms with Crippen molar-refractivity contribution in [1.82, 2.24) is 10.2 Å². The first-order chi connectivity index (χ1) is 8.18. The average Bonchev–Trinajstić information content (AvgIpc) is 2.30. The van der Waals surface area contributed by atoms with Crippen molar-refractivity contribution in [1.29, 1.82) is 0 Å². The number of carboxylic acid groups (broad SMARTS) is 1. The maximum absolute atomic E-state index is 11.3. The normalized spacial score (nSPS) is 16.7. The van der Waals surface area contributed by atoms with Gasteiger partial charge in [0.25, 0.3) is 0 Å². The van der Waals surface area contributed by atoms with Crippen molar-refractivity contribution in [2.45, 2.75) is 0 Å². The number of hydrogen-bond donors (Lipinski definition) is 2. The van der Waals surface area contributed by atoms with Gasteiger partial charge < -0.3 is 10.4 Å². The van der Waals surface area contributed by atoms with E-state index in [4.69, 9.17) is 5.11 Å². The van der Waals surface area contributed by atoms with E-state index < -0.39 is 5.97 Å². The predicted molar refractivity (Wildman–Crippen MR) is 71.7 cm³/mol. The second kappa shape index (κ2) is 8.66. The molecule has 0 radical (unpaired) electrons. The van der Waals surface area contributed by atoms with Crippen LogP contribution in [0.15, 0.2) is 0 Å². The van der Waals surface area contributed by atoms with E-state index in [1.54, 1.807) is 0 Å². The van der Waals surface area contributed by atoms with Gasteiger partial charge >= 0.3 is 5.97 Å². The van der Waals surface area contributed by atoms with Gasteiger partial charge in [-0.25, -0.2) is 0 Å². The van der Waals surface area contributed by atoms with Gasteiger partial charge in [0.2, 0.25) is 5.91 Å². The van der Waals surface area contributed by atoms with Crippen LogP contribution in [0.1, 0.15) is 0 Å². The van der Waals surface area contributed by atoms with Gasteiger partial charge in [0.1, 0.15) is 0 Å². The lowest BCUT2D eigenvalue weighted by Crippen LogP contribution is -2.39. The van der Waals surface area contributed by atoms with Crippen LogP contribution in [0.25, 0.3) is 0 Å². The number of thioether (sulfide) groups is 2. The van der Waals surface area contributed by atoms with Gasteiger partial charge in [-0.3, -0.25) is 14.5 Å². The second-order valence-corrected chi connectivity index (χ2v) is 5.90. The molecule has 0 atom stereocenters. The van der Waals surface area contributed by atoms with Gasteiger partial charge in [-0.2, -0.15) is 11.8 Å². The first-order valence-electron chi connectivity index (χ1n) is 5.55. The minimum atomic E-state index is -0.881. The molecule has 0 unspecified atom stereocenters. The van der Waals surface area contributed by atoms with Crippen LogP contribution in [-0.4, -0.2) is 71.1 Å². The molecule has 1 fully saturated rings. The molecule has 0 saturated carbocycles. The van der Waals surface area contributed by atoms with Crippen molar-refractivity contribution in [2.24, 2.45) is 0 Å². The summed E-state index contributed by atoms with van der Waals surface area (Å²) in [5, 5.41) is 11.2. The number of carbonyl (C=O) groups is 2. The molecule has 17 heavy (non-hydrogen) atoms. The summed E-state index contributed by atoms with van der Waals surface area (Å²) in [6.45, 7) is 3.72. The number of hydrogen-bond acceptors (Lipinski definition) is 5. The number of carboxylic acids is 1. The average molecular weight is 278 g/mol. The SMILES string of the molecule is O=C(O)CSCC(=O)NCCN1CCSCC1. The van der Waals surface area contributed by atoms with E-state index in [1.807, 2.05) is 11.8 Å². The van der Waals surface area contributed by atoms with E-state index in [2.05, 4.69) is 10.2 Å². The number of nitrogens with zero attached hydrogens (tertiary/aromatic N) is 1. The Morgan fingerprint density at radius 3 is 2.65 bits per heavy atom. The van der Waals surface area contributed by atoms with E-state index >= 15 is 0 Å². The summed E-state index contributed by atoms with van der Waals surface area (Å²) in [4.78, 5) is 23.9. The summed E-state index contributed by atoms with van der Waals surface area (Å²) < 4.78 is 0. The van der Waals surface area contributed by atoms with Crippen LogP contribution < -0.4 is 5.32 Å². The number of amides is 1. The van der Waals surface area contributed by atoms with Crippen LogP contribution in [0.5, 0.6) is 0 Å². The first kappa shape index (κ1) is 14.7. The Kier molecular flexibility index (Phi) is 7.46. The third kappa shape index (κ3) is 7.51. The Balaban J connectivity index is 1.97. The highest BCUT2D eigenvalue weighted by molar-refractivity contribution is 8.00. The van der Waals surface area contributed by atoms with Crippen LogP contribution >= 0.6 is 23.5 Å². The Bertz CT molecular complexity index is 258. The monoisotopic (exact) mass is 278 g/mol. The highest BCUT2D eigenvalue weighted by atomic mass is 32.2. The lowest BCUT2D eigenvalue weighted by molar-refractivity contribution is -0.133. The van der Waals surface area contributed by atoms with Crippen LogP contribution in [0.4, 0.5) is 0 Å². The molecule has 7 heteroatoms. The maximum Gasteiger partial charge on any atom is 0.313 e. The highest BCUT2D eigenvalue weighted by Crippen LogP contribution is 2.07. The molecule has 1 heterocycles. The maximum atomic E-state index is 11.3. The van der Waals surface area contributed by atoms with Gasteiger partial charge in [-0.05, 0) is 0 Å². The number of carbonyl (C=O) groups excluding carboxylic acids is 1. The van der Waals surface area contributed by atoms with Crippen LogP contribution in [0, 0.1) is 0 Å². The summed E-state index contributed by atoms with van der Waals surface area (Å²) in [5.74, 6) is 1.58. The number of nitrogens with one attached hydrogen (secondary N) is 1. The van der Waals surface area contributed by atoms with E-state index in [-0.39, 0.29) is 17.4 Å². The predicted octanol–water partition coefficient (Wildman–Crippen LogP) is -0.0308. The molecule has 1 aliphatic rings. The Morgan fingerprint density at radius 2 is 2.00 bits per heavy atom. The molecule has 2 N–H and O–H groups in total. The Hall–Kier alpha value is -0.400. The minimum absolute atomic E-state index is 0.0171. The van der Waals surface area contributed by atoms with Crippen molar-refractivity contribution in [2.75, 3.05) is 49.2 Å². The molecule has 1 aliphatic heterocycles. The fraction of sp³-hybridized carbons (Fsp3) is 0.800. The molecule has 98 valence electrons.